The highest BCUT2D eigenvalue weighted by Gasteiger charge is 2.23. The summed E-state index contributed by atoms with van der Waals surface area (Å²) in [7, 11) is 0. The number of aldehydes is 1. The van der Waals surface area contributed by atoms with E-state index in [1.54, 1.807) is 4.90 Å². The Balaban J connectivity index is 2.51. The van der Waals surface area contributed by atoms with Crippen LogP contribution in [0.4, 0.5) is 0 Å². The second-order valence-electron chi connectivity index (χ2n) is 3.28. The first-order valence-electron chi connectivity index (χ1n) is 4.46. The molecule has 0 atom stereocenters. The number of nitrogens with zero attached hydrogens (tertiary/aromatic N) is 1. The molecule has 1 fully saturated rings. The molecule has 0 heterocycles. The Bertz CT molecular complexity index is 173. The lowest BCUT2D eigenvalue weighted by Crippen LogP contribution is -2.38. The molecule has 1 saturated carbocycles. The summed E-state index contributed by atoms with van der Waals surface area (Å²) in [6.45, 7) is 1.79. The van der Waals surface area contributed by atoms with Crippen LogP contribution in [0.25, 0.3) is 0 Å². The second-order valence-corrected chi connectivity index (χ2v) is 3.28. The Morgan fingerprint density at radius 1 is 1.50 bits per heavy atom. The molecule has 0 spiro atoms. The Morgan fingerprint density at radius 2 is 2.08 bits per heavy atom. The van der Waals surface area contributed by atoms with Crippen LogP contribution in [0.1, 0.15) is 32.6 Å². The van der Waals surface area contributed by atoms with Gasteiger partial charge in [-0.25, -0.2) is 0 Å². The third kappa shape index (κ3) is 2.06. The molecule has 3 nitrogen and oxygen atoms in total. The Morgan fingerprint density at radius 3 is 2.50 bits per heavy atom. The van der Waals surface area contributed by atoms with E-state index >= 15 is 0 Å². The van der Waals surface area contributed by atoms with E-state index in [2.05, 4.69) is 0 Å². The van der Waals surface area contributed by atoms with E-state index in [9.17, 15) is 9.59 Å². The van der Waals surface area contributed by atoms with Crippen molar-refractivity contribution in [1.82, 2.24) is 4.90 Å². The molecule has 0 unspecified atom stereocenters. The van der Waals surface area contributed by atoms with Crippen LogP contribution >= 0.6 is 0 Å². The zero-order valence-corrected chi connectivity index (χ0v) is 7.45. The van der Waals surface area contributed by atoms with Crippen molar-refractivity contribution in [2.75, 3.05) is 6.54 Å². The number of hydrogen-bond donors (Lipinski definition) is 0. The quantitative estimate of drug-likeness (QED) is 0.590. The van der Waals surface area contributed by atoms with Crippen molar-refractivity contribution in [3.63, 3.8) is 0 Å². The fraction of sp³-hybridized carbons (Fsp3) is 0.778. The van der Waals surface area contributed by atoms with Crippen LogP contribution in [0, 0.1) is 0 Å². The second kappa shape index (κ2) is 4.24. The van der Waals surface area contributed by atoms with Gasteiger partial charge in [0.25, 0.3) is 0 Å². The largest absolute Gasteiger partial charge is 0.333 e. The average molecular weight is 169 g/mol. The topological polar surface area (TPSA) is 37.4 Å². The highest BCUT2D eigenvalue weighted by molar-refractivity contribution is 5.76. The normalized spacial score (nSPS) is 17.8. The predicted molar refractivity (Wildman–Crippen MR) is 45.7 cm³/mol. The van der Waals surface area contributed by atoms with Gasteiger partial charge >= 0.3 is 0 Å². The first kappa shape index (κ1) is 9.23. The Labute approximate surface area is 72.7 Å². The number of hydrogen-bond acceptors (Lipinski definition) is 2. The van der Waals surface area contributed by atoms with Gasteiger partial charge in [-0.15, -0.1) is 0 Å². The number of rotatable bonds is 3. The van der Waals surface area contributed by atoms with E-state index < -0.39 is 0 Å². The molecule has 1 rings (SSSR count). The molecule has 12 heavy (non-hydrogen) atoms. The molecule has 0 N–H and O–H groups in total. The van der Waals surface area contributed by atoms with Crippen LogP contribution in [0.2, 0.25) is 0 Å². The highest BCUT2D eigenvalue weighted by atomic mass is 16.2. The van der Waals surface area contributed by atoms with E-state index in [1.165, 1.54) is 19.8 Å². The number of carbonyl (C=O) groups excluding carboxylic acids is 2. The van der Waals surface area contributed by atoms with Gasteiger partial charge in [0.15, 0.2) is 0 Å². The first-order valence-corrected chi connectivity index (χ1v) is 4.46. The van der Waals surface area contributed by atoms with Crippen LogP contribution in [0.3, 0.4) is 0 Å². The smallest absolute Gasteiger partial charge is 0.220 e. The monoisotopic (exact) mass is 169 g/mol. The van der Waals surface area contributed by atoms with Crippen molar-refractivity contribution >= 4 is 12.2 Å². The molecule has 0 aromatic heterocycles. The molecule has 0 radical (unpaired) electrons. The van der Waals surface area contributed by atoms with Crippen LogP contribution < -0.4 is 0 Å². The van der Waals surface area contributed by atoms with Gasteiger partial charge in [-0.05, 0) is 12.8 Å². The lowest BCUT2D eigenvalue weighted by molar-refractivity contribution is -0.133. The molecule has 0 bridgehead atoms. The minimum absolute atomic E-state index is 0.0222. The highest BCUT2D eigenvalue weighted by Crippen LogP contribution is 2.22. The van der Waals surface area contributed by atoms with Gasteiger partial charge < -0.3 is 9.69 Å². The van der Waals surface area contributed by atoms with Crippen LogP contribution in [0.5, 0.6) is 0 Å². The summed E-state index contributed by atoms with van der Waals surface area (Å²) in [6.07, 6.45) is 5.31. The maximum Gasteiger partial charge on any atom is 0.220 e. The minimum atomic E-state index is 0.0222. The fourth-order valence-electron chi connectivity index (χ4n) is 1.83. The number of amides is 1. The lowest BCUT2D eigenvalue weighted by Gasteiger charge is -2.25. The van der Waals surface area contributed by atoms with Crippen molar-refractivity contribution in [3.05, 3.63) is 0 Å². The Hall–Kier alpha value is -0.860. The van der Waals surface area contributed by atoms with E-state index in [1.807, 2.05) is 0 Å². The molecule has 0 aliphatic heterocycles. The maximum absolute atomic E-state index is 11.1. The van der Waals surface area contributed by atoms with Crippen molar-refractivity contribution in [2.45, 2.75) is 38.6 Å². The third-order valence-electron chi connectivity index (χ3n) is 2.44. The van der Waals surface area contributed by atoms with Gasteiger partial charge in [0, 0.05) is 13.0 Å². The van der Waals surface area contributed by atoms with Crippen molar-refractivity contribution in [2.24, 2.45) is 0 Å². The summed E-state index contributed by atoms with van der Waals surface area (Å²) < 4.78 is 0. The van der Waals surface area contributed by atoms with Gasteiger partial charge in [-0.3, -0.25) is 4.79 Å². The van der Waals surface area contributed by atoms with Crippen LogP contribution in [-0.2, 0) is 9.59 Å². The molecule has 3 heteroatoms. The fourth-order valence-corrected chi connectivity index (χ4v) is 1.83. The molecular formula is C9H15NO2. The van der Waals surface area contributed by atoms with Gasteiger partial charge in [0.2, 0.25) is 5.91 Å². The SMILES string of the molecule is CC(=O)N(CC=O)C1CCCC1. The first-order chi connectivity index (χ1) is 5.75. The van der Waals surface area contributed by atoms with Crippen molar-refractivity contribution < 1.29 is 9.59 Å². The molecule has 68 valence electrons. The van der Waals surface area contributed by atoms with E-state index in [-0.39, 0.29) is 12.5 Å². The zero-order valence-electron chi connectivity index (χ0n) is 7.45. The minimum Gasteiger partial charge on any atom is -0.333 e. The van der Waals surface area contributed by atoms with E-state index in [4.69, 9.17) is 0 Å². The summed E-state index contributed by atoms with van der Waals surface area (Å²) in [5.74, 6) is 0.0222. The summed E-state index contributed by atoms with van der Waals surface area (Å²) in [6, 6.07) is 0.327. The van der Waals surface area contributed by atoms with Crippen molar-refractivity contribution in [3.8, 4) is 0 Å². The molecular weight excluding hydrogens is 154 g/mol. The van der Waals surface area contributed by atoms with Gasteiger partial charge in [-0.1, -0.05) is 12.8 Å². The van der Waals surface area contributed by atoms with Gasteiger partial charge in [0.1, 0.15) is 6.29 Å². The summed E-state index contributed by atoms with van der Waals surface area (Å²) in [4.78, 5) is 23.1. The van der Waals surface area contributed by atoms with E-state index in [0.29, 0.717) is 6.04 Å². The van der Waals surface area contributed by atoms with E-state index in [0.717, 1.165) is 19.1 Å². The molecule has 1 aliphatic rings. The molecule has 0 aromatic carbocycles. The Kier molecular flexibility index (Phi) is 3.26. The maximum atomic E-state index is 11.1. The lowest BCUT2D eigenvalue weighted by atomic mass is 10.2. The average Bonchev–Trinajstić information content (AvgIpc) is 2.51. The summed E-state index contributed by atoms with van der Waals surface area (Å²) in [5, 5.41) is 0. The summed E-state index contributed by atoms with van der Waals surface area (Å²) in [5.41, 5.74) is 0. The zero-order chi connectivity index (χ0) is 8.97. The van der Waals surface area contributed by atoms with Gasteiger partial charge in [-0.2, -0.15) is 0 Å². The summed E-state index contributed by atoms with van der Waals surface area (Å²) >= 11 is 0. The predicted octanol–water partition coefficient (Wildman–Crippen LogP) is 0.976. The molecule has 1 amide bonds. The molecule has 0 saturated heterocycles. The number of carbonyl (C=O) groups is 2. The van der Waals surface area contributed by atoms with Crippen LogP contribution in [-0.4, -0.2) is 29.7 Å². The van der Waals surface area contributed by atoms with Crippen LogP contribution in [0.15, 0.2) is 0 Å². The third-order valence-corrected chi connectivity index (χ3v) is 2.44. The van der Waals surface area contributed by atoms with Crippen molar-refractivity contribution in [1.29, 1.82) is 0 Å². The molecule has 1 aliphatic carbocycles. The standard InChI is InChI=1S/C9H15NO2/c1-8(12)10(6-7-11)9-4-2-3-5-9/h7,9H,2-6H2,1H3. The van der Waals surface area contributed by atoms with Gasteiger partial charge in [0.05, 0.1) is 6.54 Å². The molecule has 0 aromatic rings.